The molecule has 1 atom stereocenters. The Morgan fingerprint density at radius 2 is 1.85 bits per heavy atom. The van der Waals surface area contributed by atoms with Crippen molar-refractivity contribution >= 4 is 34.6 Å². The lowest BCUT2D eigenvalue weighted by Crippen LogP contribution is -3.11. The highest BCUT2D eigenvalue weighted by Gasteiger charge is 2.28. The van der Waals surface area contributed by atoms with Gasteiger partial charge >= 0.3 is 0 Å². The zero-order valence-corrected chi connectivity index (χ0v) is 16.5. The van der Waals surface area contributed by atoms with Crippen LogP contribution >= 0.6 is 23.8 Å². The van der Waals surface area contributed by atoms with Crippen LogP contribution in [0.5, 0.6) is 5.75 Å². The van der Waals surface area contributed by atoms with Crippen molar-refractivity contribution in [1.82, 2.24) is 5.32 Å². The molecule has 26 heavy (non-hydrogen) atoms. The van der Waals surface area contributed by atoms with Gasteiger partial charge in [0.2, 0.25) is 0 Å². The van der Waals surface area contributed by atoms with Gasteiger partial charge in [0.05, 0.1) is 26.7 Å². The first-order chi connectivity index (χ1) is 12.7. The van der Waals surface area contributed by atoms with Crippen molar-refractivity contribution in [3.8, 4) is 5.75 Å². The molecule has 6 heteroatoms. The van der Waals surface area contributed by atoms with Crippen molar-refractivity contribution < 1.29 is 9.64 Å². The van der Waals surface area contributed by atoms with E-state index in [2.05, 4.69) is 22.8 Å². The number of nitrogens with one attached hydrogen (secondary N) is 3. The Kier molecular flexibility index (Phi) is 6.72. The quantitative estimate of drug-likeness (QED) is 0.663. The van der Waals surface area contributed by atoms with Crippen molar-refractivity contribution in [2.75, 3.05) is 32.1 Å². The highest BCUT2D eigenvalue weighted by molar-refractivity contribution is 7.80. The van der Waals surface area contributed by atoms with Gasteiger partial charge in [-0.15, -0.1) is 0 Å². The lowest BCUT2D eigenvalue weighted by atomic mass is 10.1. The van der Waals surface area contributed by atoms with Gasteiger partial charge in [0.1, 0.15) is 11.8 Å². The van der Waals surface area contributed by atoms with Gasteiger partial charge in [0.15, 0.2) is 5.11 Å². The first-order valence-corrected chi connectivity index (χ1v) is 9.74. The van der Waals surface area contributed by atoms with Crippen molar-refractivity contribution in [2.24, 2.45) is 0 Å². The number of quaternary nitrogens is 1. The number of hydrogen-bond donors (Lipinski definition) is 3. The van der Waals surface area contributed by atoms with Crippen molar-refractivity contribution in [3.05, 3.63) is 59.1 Å². The number of likely N-dealkylation sites (tertiary alicyclic amines) is 1. The molecular formula is C20H25ClN3OS+. The second-order valence-electron chi connectivity index (χ2n) is 6.50. The van der Waals surface area contributed by atoms with Crippen LogP contribution in [0.1, 0.15) is 24.4 Å². The molecule has 1 heterocycles. The van der Waals surface area contributed by atoms with Crippen LogP contribution in [-0.2, 0) is 0 Å². The molecule has 3 rings (SSSR count). The van der Waals surface area contributed by atoms with Gasteiger partial charge in [-0.1, -0.05) is 29.8 Å². The smallest absolute Gasteiger partial charge is 0.171 e. The highest BCUT2D eigenvalue weighted by Crippen LogP contribution is 2.21. The fraction of sp³-hybridized carbons (Fsp3) is 0.350. The Bertz CT molecular complexity index is 732. The van der Waals surface area contributed by atoms with Crippen LogP contribution in [0.4, 0.5) is 5.69 Å². The van der Waals surface area contributed by atoms with E-state index in [1.807, 2.05) is 36.4 Å². The Morgan fingerprint density at radius 3 is 2.50 bits per heavy atom. The van der Waals surface area contributed by atoms with E-state index in [1.54, 1.807) is 12.0 Å². The number of rotatable bonds is 6. The highest BCUT2D eigenvalue weighted by atomic mass is 35.5. The standard InChI is InChI=1S/C20H24ClN3OS/c1-25-16-10-8-15(9-11-16)23-20(26)22-14-19(24-12-4-5-13-24)17-6-2-3-7-18(17)21/h2-3,6-11,19H,4-5,12-14H2,1H3,(H2,22,23,26)/p+1/t19-/m0/s1. The number of anilines is 1. The van der Waals surface area contributed by atoms with Crippen LogP contribution < -0.4 is 20.3 Å². The Morgan fingerprint density at radius 1 is 1.15 bits per heavy atom. The summed E-state index contributed by atoms with van der Waals surface area (Å²) in [7, 11) is 1.66. The zero-order chi connectivity index (χ0) is 18.4. The van der Waals surface area contributed by atoms with E-state index in [0.29, 0.717) is 11.2 Å². The molecule has 1 fully saturated rings. The first-order valence-electron chi connectivity index (χ1n) is 8.95. The zero-order valence-electron chi connectivity index (χ0n) is 14.9. The van der Waals surface area contributed by atoms with Gasteiger partial charge in [-0.3, -0.25) is 0 Å². The van der Waals surface area contributed by atoms with Crippen molar-refractivity contribution in [2.45, 2.75) is 18.9 Å². The molecule has 0 spiro atoms. The number of ether oxygens (including phenoxy) is 1. The predicted molar refractivity (Wildman–Crippen MR) is 111 cm³/mol. The minimum absolute atomic E-state index is 0.293. The maximum absolute atomic E-state index is 6.47. The summed E-state index contributed by atoms with van der Waals surface area (Å²) in [6.07, 6.45) is 2.54. The molecule has 0 bridgehead atoms. The van der Waals surface area contributed by atoms with Gasteiger partial charge in [-0.2, -0.15) is 0 Å². The van der Waals surface area contributed by atoms with Gasteiger partial charge in [0, 0.05) is 29.1 Å². The van der Waals surface area contributed by atoms with E-state index in [1.165, 1.54) is 31.5 Å². The summed E-state index contributed by atoms with van der Waals surface area (Å²) in [6, 6.07) is 16.1. The topological polar surface area (TPSA) is 37.7 Å². The third-order valence-electron chi connectivity index (χ3n) is 4.83. The summed E-state index contributed by atoms with van der Waals surface area (Å²) in [5.41, 5.74) is 2.12. The van der Waals surface area contributed by atoms with Gasteiger partial charge in [0.25, 0.3) is 0 Å². The van der Waals surface area contributed by atoms with Gasteiger partial charge < -0.3 is 20.3 Å². The van der Waals surface area contributed by atoms with E-state index in [4.69, 9.17) is 28.6 Å². The fourth-order valence-electron chi connectivity index (χ4n) is 3.45. The molecule has 1 saturated heterocycles. The van der Waals surface area contributed by atoms with E-state index in [0.717, 1.165) is 23.0 Å². The summed E-state index contributed by atoms with van der Waals surface area (Å²) in [4.78, 5) is 1.57. The predicted octanol–water partition coefficient (Wildman–Crippen LogP) is 3.06. The van der Waals surface area contributed by atoms with Gasteiger partial charge in [-0.25, -0.2) is 0 Å². The van der Waals surface area contributed by atoms with Crippen LogP contribution in [0.15, 0.2) is 48.5 Å². The summed E-state index contributed by atoms with van der Waals surface area (Å²) in [5, 5.41) is 8.04. The molecule has 1 aliphatic rings. The molecule has 4 nitrogen and oxygen atoms in total. The number of hydrogen-bond acceptors (Lipinski definition) is 2. The average Bonchev–Trinajstić information content (AvgIpc) is 3.18. The largest absolute Gasteiger partial charge is 0.497 e. The number of methoxy groups -OCH3 is 1. The van der Waals surface area contributed by atoms with Crippen molar-refractivity contribution in [1.29, 1.82) is 0 Å². The molecule has 1 aliphatic heterocycles. The molecule has 138 valence electrons. The summed E-state index contributed by atoms with van der Waals surface area (Å²) >= 11 is 11.9. The molecule has 0 amide bonds. The van der Waals surface area contributed by atoms with Crippen molar-refractivity contribution in [3.63, 3.8) is 0 Å². The van der Waals surface area contributed by atoms with E-state index < -0.39 is 0 Å². The normalized spacial score (nSPS) is 15.5. The minimum atomic E-state index is 0.293. The second-order valence-corrected chi connectivity index (χ2v) is 7.32. The number of benzene rings is 2. The average molecular weight is 391 g/mol. The Hall–Kier alpha value is -1.82. The monoisotopic (exact) mass is 390 g/mol. The lowest BCUT2D eigenvalue weighted by molar-refractivity contribution is -0.918. The lowest BCUT2D eigenvalue weighted by Gasteiger charge is -2.26. The molecule has 0 aliphatic carbocycles. The molecule has 3 N–H and O–H groups in total. The third-order valence-corrected chi connectivity index (χ3v) is 5.42. The van der Waals surface area contributed by atoms with Crippen LogP contribution in [-0.4, -0.2) is 31.9 Å². The van der Waals surface area contributed by atoms with Crippen LogP contribution in [0.3, 0.4) is 0 Å². The maximum Gasteiger partial charge on any atom is 0.171 e. The minimum Gasteiger partial charge on any atom is -0.497 e. The molecule has 0 saturated carbocycles. The van der Waals surface area contributed by atoms with Crippen LogP contribution in [0.2, 0.25) is 5.02 Å². The summed E-state index contributed by atoms with van der Waals surface area (Å²) in [6.45, 7) is 3.10. The van der Waals surface area contributed by atoms with Crippen LogP contribution in [0.25, 0.3) is 0 Å². The molecule has 0 unspecified atom stereocenters. The van der Waals surface area contributed by atoms with Crippen LogP contribution in [0, 0.1) is 0 Å². The molecule has 0 radical (unpaired) electrons. The summed E-state index contributed by atoms with van der Waals surface area (Å²) < 4.78 is 5.18. The van der Waals surface area contributed by atoms with E-state index >= 15 is 0 Å². The van der Waals surface area contributed by atoms with E-state index in [-0.39, 0.29) is 0 Å². The Labute approximate surface area is 165 Å². The Balaban J connectivity index is 1.63. The fourth-order valence-corrected chi connectivity index (χ4v) is 3.92. The first kappa shape index (κ1) is 19.0. The SMILES string of the molecule is COc1ccc(NC(=S)NC[C@@H](c2ccccc2Cl)[NH+]2CCCC2)cc1. The van der Waals surface area contributed by atoms with Gasteiger partial charge in [-0.05, 0) is 42.5 Å². The number of thiocarbonyl (C=S) groups is 1. The molecular weight excluding hydrogens is 366 g/mol. The number of halogens is 1. The maximum atomic E-state index is 6.47. The second kappa shape index (κ2) is 9.21. The third kappa shape index (κ3) is 4.87. The molecule has 0 aromatic heterocycles. The van der Waals surface area contributed by atoms with E-state index in [9.17, 15) is 0 Å². The summed E-state index contributed by atoms with van der Waals surface area (Å²) in [5.74, 6) is 0.825. The molecule has 2 aromatic carbocycles. The molecule has 2 aromatic rings.